The molecule has 0 saturated heterocycles. The number of nitriles is 1. The number of nitrogens with zero attached hydrogens (tertiary/aromatic N) is 1. The Morgan fingerprint density at radius 2 is 1.90 bits per heavy atom. The highest BCUT2D eigenvalue weighted by Crippen LogP contribution is 2.18. The first kappa shape index (κ1) is 15.1. The zero-order chi connectivity index (χ0) is 15.1. The predicted molar refractivity (Wildman–Crippen MR) is 80.5 cm³/mol. The molecule has 0 aliphatic heterocycles. The lowest BCUT2D eigenvalue weighted by atomic mass is 10.1. The molecule has 0 unspecified atom stereocenters. The first-order valence-electron chi connectivity index (χ1n) is 7.13. The fourth-order valence-corrected chi connectivity index (χ4v) is 2.07. The van der Waals surface area contributed by atoms with Crippen LogP contribution in [0.1, 0.15) is 36.5 Å². The maximum absolute atomic E-state index is 13.9. The standard InChI is InChI=1S/C18H18FNO/c1-2-3-5-14-8-10-17(11-9-14)21-13-16-7-4-6-15(12-20)18(16)19/h4,6-11H,2-3,5,13H2,1H3. The van der Waals surface area contributed by atoms with Crippen molar-refractivity contribution in [1.82, 2.24) is 0 Å². The zero-order valence-electron chi connectivity index (χ0n) is 12.1. The predicted octanol–water partition coefficient (Wildman–Crippen LogP) is 4.62. The largest absolute Gasteiger partial charge is 0.489 e. The van der Waals surface area contributed by atoms with Gasteiger partial charge < -0.3 is 4.74 Å². The molecule has 0 amide bonds. The molecule has 0 radical (unpaired) electrons. The number of rotatable bonds is 6. The maximum atomic E-state index is 13.9. The molecule has 0 aromatic heterocycles. The zero-order valence-corrected chi connectivity index (χ0v) is 12.1. The molecule has 0 saturated carbocycles. The van der Waals surface area contributed by atoms with Gasteiger partial charge in [0.15, 0.2) is 0 Å². The molecule has 2 aromatic rings. The van der Waals surface area contributed by atoms with Crippen LogP contribution in [0.25, 0.3) is 0 Å². The summed E-state index contributed by atoms with van der Waals surface area (Å²) in [5.41, 5.74) is 1.72. The summed E-state index contributed by atoms with van der Waals surface area (Å²) < 4.78 is 19.5. The van der Waals surface area contributed by atoms with Crippen LogP contribution in [-0.2, 0) is 13.0 Å². The van der Waals surface area contributed by atoms with Crippen molar-refractivity contribution in [2.45, 2.75) is 32.8 Å². The third kappa shape index (κ3) is 4.06. The fourth-order valence-electron chi connectivity index (χ4n) is 2.07. The van der Waals surface area contributed by atoms with Gasteiger partial charge in [-0.3, -0.25) is 0 Å². The highest BCUT2D eigenvalue weighted by Gasteiger charge is 2.08. The Morgan fingerprint density at radius 1 is 1.14 bits per heavy atom. The van der Waals surface area contributed by atoms with Gasteiger partial charge in [-0.25, -0.2) is 4.39 Å². The van der Waals surface area contributed by atoms with Crippen LogP contribution in [0.2, 0.25) is 0 Å². The number of hydrogen-bond acceptors (Lipinski definition) is 2. The van der Waals surface area contributed by atoms with Gasteiger partial charge in [0.25, 0.3) is 0 Å². The summed E-state index contributed by atoms with van der Waals surface area (Å²) in [6.07, 6.45) is 3.41. The van der Waals surface area contributed by atoms with Crippen LogP contribution < -0.4 is 4.74 Å². The second-order valence-electron chi connectivity index (χ2n) is 4.93. The van der Waals surface area contributed by atoms with Gasteiger partial charge in [-0.15, -0.1) is 0 Å². The van der Waals surface area contributed by atoms with Crippen molar-refractivity contribution >= 4 is 0 Å². The normalized spacial score (nSPS) is 10.1. The van der Waals surface area contributed by atoms with Gasteiger partial charge in [0, 0.05) is 5.56 Å². The quantitative estimate of drug-likeness (QED) is 0.775. The highest BCUT2D eigenvalue weighted by molar-refractivity contribution is 5.35. The van der Waals surface area contributed by atoms with Crippen LogP contribution in [-0.4, -0.2) is 0 Å². The Kier molecular flexibility index (Phi) is 5.34. The highest BCUT2D eigenvalue weighted by atomic mass is 19.1. The number of unbranched alkanes of at least 4 members (excludes halogenated alkanes) is 1. The molecule has 0 aliphatic rings. The molecule has 21 heavy (non-hydrogen) atoms. The summed E-state index contributed by atoms with van der Waals surface area (Å²) in [6, 6.07) is 14.5. The van der Waals surface area contributed by atoms with Crippen LogP contribution in [0.3, 0.4) is 0 Å². The molecule has 2 rings (SSSR count). The minimum Gasteiger partial charge on any atom is -0.489 e. The summed E-state index contributed by atoms with van der Waals surface area (Å²) >= 11 is 0. The lowest BCUT2D eigenvalue weighted by molar-refractivity contribution is 0.299. The van der Waals surface area contributed by atoms with E-state index in [2.05, 4.69) is 6.92 Å². The van der Waals surface area contributed by atoms with E-state index in [1.54, 1.807) is 12.1 Å². The first-order chi connectivity index (χ1) is 10.2. The Morgan fingerprint density at radius 3 is 2.57 bits per heavy atom. The third-order valence-electron chi connectivity index (χ3n) is 3.34. The van der Waals surface area contributed by atoms with E-state index in [0.717, 1.165) is 6.42 Å². The third-order valence-corrected chi connectivity index (χ3v) is 3.34. The van der Waals surface area contributed by atoms with Crippen molar-refractivity contribution in [2.24, 2.45) is 0 Å². The minimum absolute atomic E-state index is 0.0472. The summed E-state index contributed by atoms with van der Waals surface area (Å²) in [7, 11) is 0. The van der Waals surface area contributed by atoms with E-state index in [9.17, 15) is 4.39 Å². The summed E-state index contributed by atoms with van der Waals surface area (Å²) in [4.78, 5) is 0. The molecule has 2 aromatic carbocycles. The second-order valence-corrected chi connectivity index (χ2v) is 4.93. The second kappa shape index (κ2) is 7.44. The van der Waals surface area contributed by atoms with E-state index >= 15 is 0 Å². The lowest BCUT2D eigenvalue weighted by Crippen LogP contribution is -2.00. The molecule has 0 atom stereocenters. The molecule has 2 nitrogen and oxygen atoms in total. The number of ether oxygens (including phenoxy) is 1. The number of benzene rings is 2. The summed E-state index contributed by atoms with van der Waals surface area (Å²) in [6.45, 7) is 2.29. The Bertz CT molecular complexity index is 629. The molecule has 0 N–H and O–H groups in total. The van der Waals surface area contributed by atoms with Crippen molar-refractivity contribution in [3.05, 3.63) is 65.0 Å². The van der Waals surface area contributed by atoms with Gasteiger partial charge in [0.05, 0.1) is 5.56 Å². The molecule has 0 aliphatic carbocycles. The smallest absolute Gasteiger partial charge is 0.147 e. The van der Waals surface area contributed by atoms with Crippen molar-refractivity contribution < 1.29 is 9.13 Å². The van der Waals surface area contributed by atoms with Gasteiger partial charge in [-0.2, -0.15) is 5.26 Å². The van der Waals surface area contributed by atoms with Crippen molar-refractivity contribution in [1.29, 1.82) is 5.26 Å². The summed E-state index contributed by atoms with van der Waals surface area (Å²) in [5, 5.41) is 8.80. The first-order valence-corrected chi connectivity index (χ1v) is 7.13. The van der Waals surface area contributed by atoms with Crippen LogP contribution in [0.5, 0.6) is 5.75 Å². The van der Waals surface area contributed by atoms with E-state index in [-0.39, 0.29) is 12.2 Å². The van der Waals surface area contributed by atoms with E-state index < -0.39 is 5.82 Å². The van der Waals surface area contributed by atoms with Gasteiger partial charge >= 0.3 is 0 Å². The Balaban J connectivity index is 1.99. The van der Waals surface area contributed by atoms with E-state index in [1.807, 2.05) is 30.3 Å². The molecule has 0 spiro atoms. The molecular weight excluding hydrogens is 265 g/mol. The fraction of sp³-hybridized carbons (Fsp3) is 0.278. The van der Waals surface area contributed by atoms with E-state index in [0.29, 0.717) is 11.3 Å². The number of aryl methyl sites for hydroxylation is 1. The van der Waals surface area contributed by atoms with Crippen LogP contribution >= 0.6 is 0 Å². The van der Waals surface area contributed by atoms with E-state index in [1.165, 1.54) is 24.5 Å². The monoisotopic (exact) mass is 283 g/mol. The average molecular weight is 283 g/mol. The lowest BCUT2D eigenvalue weighted by Gasteiger charge is -2.08. The molecule has 108 valence electrons. The summed E-state index contributed by atoms with van der Waals surface area (Å²) in [5.74, 6) is 0.205. The van der Waals surface area contributed by atoms with Crippen LogP contribution in [0.15, 0.2) is 42.5 Å². The molecule has 0 fully saturated rings. The van der Waals surface area contributed by atoms with Gasteiger partial charge in [0.1, 0.15) is 24.2 Å². The molecular formula is C18H18FNO. The van der Waals surface area contributed by atoms with Crippen LogP contribution in [0, 0.1) is 17.1 Å². The van der Waals surface area contributed by atoms with Gasteiger partial charge in [-0.05, 0) is 36.6 Å². The Hall–Kier alpha value is -2.34. The van der Waals surface area contributed by atoms with E-state index in [4.69, 9.17) is 10.00 Å². The topological polar surface area (TPSA) is 33.0 Å². The minimum atomic E-state index is -0.500. The molecule has 3 heteroatoms. The van der Waals surface area contributed by atoms with Gasteiger partial charge in [-0.1, -0.05) is 37.6 Å². The average Bonchev–Trinajstić information content (AvgIpc) is 2.53. The van der Waals surface area contributed by atoms with Crippen LogP contribution in [0.4, 0.5) is 4.39 Å². The molecule has 0 heterocycles. The van der Waals surface area contributed by atoms with Gasteiger partial charge in [0.2, 0.25) is 0 Å². The van der Waals surface area contributed by atoms with Crippen molar-refractivity contribution in [3.8, 4) is 11.8 Å². The van der Waals surface area contributed by atoms with Crippen molar-refractivity contribution in [2.75, 3.05) is 0 Å². The van der Waals surface area contributed by atoms with Crippen molar-refractivity contribution in [3.63, 3.8) is 0 Å². The number of halogens is 1. The Labute approximate surface area is 124 Å². The number of hydrogen-bond donors (Lipinski definition) is 0. The SMILES string of the molecule is CCCCc1ccc(OCc2cccc(C#N)c2F)cc1. The maximum Gasteiger partial charge on any atom is 0.147 e. The molecule has 0 bridgehead atoms.